The maximum Gasteiger partial charge on any atom is -0.00465 e. The van der Waals surface area contributed by atoms with E-state index in [1.807, 2.05) is 0 Å². The van der Waals surface area contributed by atoms with Gasteiger partial charge in [-0.2, -0.15) is 0 Å². The normalized spacial score (nSPS) is 13.6. The van der Waals surface area contributed by atoms with E-state index in [4.69, 9.17) is 0 Å². The molecule has 1 N–H and O–H groups in total. The Morgan fingerprint density at radius 3 is 2.15 bits per heavy atom. The van der Waals surface area contributed by atoms with Crippen molar-refractivity contribution in [3.8, 4) is 0 Å². The predicted molar refractivity (Wildman–Crippen MR) is 61.0 cm³/mol. The summed E-state index contributed by atoms with van der Waals surface area (Å²) in [6.07, 6.45) is 5.45. The minimum atomic E-state index is 0.893. The molecule has 0 amide bonds. The van der Waals surface area contributed by atoms with Crippen LogP contribution in [-0.2, 0) is 0 Å². The molecule has 0 saturated carbocycles. The van der Waals surface area contributed by atoms with Crippen LogP contribution in [0.3, 0.4) is 0 Å². The zero-order chi connectivity index (χ0) is 10.1. The van der Waals surface area contributed by atoms with Gasteiger partial charge in [0, 0.05) is 0 Å². The second-order valence-corrected chi connectivity index (χ2v) is 4.17. The molecule has 0 fully saturated rings. The standard InChI is InChI=1S/C12H27N/c1-5-12(6-2)10-11(4)8-9-13-7-3/h11-13H,5-10H2,1-4H3. The second-order valence-electron chi connectivity index (χ2n) is 4.17. The van der Waals surface area contributed by atoms with Crippen molar-refractivity contribution in [2.24, 2.45) is 11.8 Å². The van der Waals surface area contributed by atoms with Gasteiger partial charge in [0.1, 0.15) is 0 Å². The van der Waals surface area contributed by atoms with Crippen molar-refractivity contribution < 1.29 is 0 Å². The quantitative estimate of drug-likeness (QED) is 0.571. The number of hydrogen-bond acceptors (Lipinski definition) is 1. The molecule has 13 heavy (non-hydrogen) atoms. The fourth-order valence-electron chi connectivity index (χ4n) is 1.83. The van der Waals surface area contributed by atoms with Crippen LogP contribution in [0.2, 0.25) is 0 Å². The Balaban J connectivity index is 3.42. The monoisotopic (exact) mass is 185 g/mol. The molecule has 0 bridgehead atoms. The molecule has 0 radical (unpaired) electrons. The van der Waals surface area contributed by atoms with Gasteiger partial charge in [-0.05, 0) is 37.8 Å². The maximum atomic E-state index is 3.39. The average molecular weight is 185 g/mol. The van der Waals surface area contributed by atoms with Gasteiger partial charge in [0.15, 0.2) is 0 Å². The van der Waals surface area contributed by atoms with Gasteiger partial charge < -0.3 is 5.32 Å². The zero-order valence-electron chi connectivity index (χ0n) is 9.90. The number of nitrogens with one attached hydrogen (secondary N) is 1. The zero-order valence-corrected chi connectivity index (χ0v) is 9.90. The van der Waals surface area contributed by atoms with Gasteiger partial charge >= 0.3 is 0 Å². The molecule has 0 aliphatic rings. The highest BCUT2D eigenvalue weighted by Gasteiger charge is 2.08. The fourth-order valence-corrected chi connectivity index (χ4v) is 1.83. The van der Waals surface area contributed by atoms with E-state index in [9.17, 15) is 0 Å². The minimum absolute atomic E-state index is 0.893. The number of hydrogen-bond donors (Lipinski definition) is 1. The fraction of sp³-hybridized carbons (Fsp3) is 1.00. The van der Waals surface area contributed by atoms with Crippen LogP contribution < -0.4 is 5.32 Å². The summed E-state index contributed by atoms with van der Waals surface area (Å²) in [6, 6.07) is 0. The molecule has 0 aromatic carbocycles. The third-order valence-electron chi connectivity index (χ3n) is 2.95. The Bertz CT molecular complexity index is 97.3. The largest absolute Gasteiger partial charge is 0.317 e. The van der Waals surface area contributed by atoms with Gasteiger partial charge in [-0.1, -0.05) is 40.5 Å². The molecule has 1 heteroatoms. The van der Waals surface area contributed by atoms with Crippen LogP contribution in [0.4, 0.5) is 0 Å². The molecular formula is C12H27N. The average Bonchev–Trinajstić information content (AvgIpc) is 2.14. The van der Waals surface area contributed by atoms with Crippen LogP contribution in [-0.4, -0.2) is 13.1 Å². The first kappa shape index (κ1) is 13.0. The summed E-state index contributed by atoms with van der Waals surface area (Å²) in [5, 5.41) is 3.39. The van der Waals surface area contributed by atoms with Crippen molar-refractivity contribution in [3.63, 3.8) is 0 Å². The van der Waals surface area contributed by atoms with Crippen LogP contribution in [0, 0.1) is 11.8 Å². The minimum Gasteiger partial charge on any atom is -0.317 e. The first-order chi connectivity index (χ1) is 6.24. The Morgan fingerprint density at radius 2 is 1.69 bits per heavy atom. The Kier molecular flexibility index (Phi) is 8.53. The molecule has 1 atom stereocenters. The Hall–Kier alpha value is -0.0400. The van der Waals surface area contributed by atoms with Crippen LogP contribution in [0.15, 0.2) is 0 Å². The predicted octanol–water partition coefficient (Wildman–Crippen LogP) is 3.45. The maximum absolute atomic E-state index is 3.39. The summed E-state index contributed by atoms with van der Waals surface area (Å²) in [5.74, 6) is 1.85. The first-order valence-electron chi connectivity index (χ1n) is 5.95. The van der Waals surface area contributed by atoms with E-state index < -0.39 is 0 Å². The number of rotatable bonds is 8. The van der Waals surface area contributed by atoms with Crippen molar-refractivity contribution in [1.29, 1.82) is 0 Å². The van der Waals surface area contributed by atoms with Crippen molar-refractivity contribution in [2.75, 3.05) is 13.1 Å². The summed E-state index contributed by atoms with van der Waals surface area (Å²) in [6.45, 7) is 11.5. The van der Waals surface area contributed by atoms with Crippen molar-refractivity contribution in [1.82, 2.24) is 5.32 Å². The highest BCUT2D eigenvalue weighted by Crippen LogP contribution is 2.20. The Labute approximate surface area is 84.3 Å². The molecule has 1 nitrogen and oxygen atoms in total. The SMILES string of the molecule is CCNCCC(C)CC(CC)CC. The lowest BCUT2D eigenvalue weighted by molar-refractivity contribution is 0.353. The van der Waals surface area contributed by atoms with E-state index in [0.717, 1.165) is 18.4 Å². The molecular weight excluding hydrogens is 158 g/mol. The summed E-state index contributed by atoms with van der Waals surface area (Å²) >= 11 is 0. The third kappa shape index (κ3) is 7.06. The first-order valence-corrected chi connectivity index (χ1v) is 5.95. The molecule has 0 saturated heterocycles. The lowest BCUT2D eigenvalue weighted by atomic mass is 9.90. The summed E-state index contributed by atoms with van der Waals surface area (Å²) in [5.41, 5.74) is 0. The van der Waals surface area contributed by atoms with Crippen LogP contribution in [0.5, 0.6) is 0 Å². The highest BCUT2D eigenvalue weighted by atomic mass is 14.8. The van der Waals surface area contributed by atoms with Gasteiger partial charge in [-0.15, -0.1) is 0 Å². The third-order valence-corrected chi connectivity index (χ3v) is 2.95. The van der Waals surface area contributed by atoms with E-state index in [2.05, 4.69) is 33.0 Å². The molecule has 0 aliphatic carbocycles. The molecule has 0 aliphatic heterocycles. The van der Waals surface area contributed by atoms with Crippen molar-refractivity contribution >= 4 is 0 Å². The van der Waals surface area contributed by atoms with E-state index in [-0.39, 0.29) is 0 Å². The summed E-state index contributed by atoms with van der Waals surface area (Å²) in [7, 11) is 0. The molecule has 0 heterocycles. The molecule has 1 unspecified atom stereocenters. The lowest BCUT2D eigenvalue weighted by Gasteiger charge is -2.18. The van der Waals surface area contributed by atoms with Gasteiger partial charge in [0.05, 0.1) is 0 Å². The summed E-state index contributed by atoms with van der Waals surface area (Å²) < 4.78 is 0. The van der Waals surface area contributed by atoms with Gasteiger partial charge in [-0.3, -0.25) is 0 Å². The van der Waals surface area contributed by atoms with Gasteiger partial charge in [0.25, 0.3) is 0 Å². The van der Waals surface area contributed by atoms with Crippen LogP contribution in [0.1, 0.15) is 53.4 Å². The van der Waals surface area contributed by atoms with Crippen molar-refractivity contribution in [3.05, 3.63) is 0 Å². The molecule has 0 aromatic heterocycles. The molecule has 0 rings (SSSR count). The molecule has 0 spiro atoms. The molecule has 80 valence electrons. The van der Waals surface area contributed by atoms with Crippen LogP contribution >= 0.6 is 0 Å². The highest BCUT2D eigenvalue weighted by molar-refractivity contribution is 4.62. The topological polar surface area (TPSA) is 12.0 Å². The summed E-state index contributed by atoms with van der Waals surface area (Å²) in [4.78, 5) is 0. The van der Waals surface area contributed by atoms with E-state index in [1.165, 1.54) is 32.2 Å². The smallest absolute Gasteiger partial charge is 0.00465 e. The lowest BCUT2D eigenvalue weighted by Crippen LogP contribution is -2.17. The van der Waals surface area contributed by atoms with Gasteiger partial charge in [0.2, 0.25) is 0 Å². The van der Waals surface area contributed by atoms with E-state index in [1.54, 1.807) is 0 Å². The van der Waals surface area contributed by atoms with Crippen molar-refractivity contribution in [2.45, 2.75) is 53.4 Å². The Morgan fingerprint density at radius 1 is 1.08 bits per heavy atom. The van der Waals surface area contributed by atoms with E-state index in [0.29, 0.717) is 0 Å². The van der Waals surface area contributed by atoms with Crippen LogP contribution in [0.25, 0.3) is 0 Å². The second kappa shape index (κ2) is 8.55. The van der Waals surface area contributed by atoms with E-state index >= 15 is 0 Å². The van der Waals surface area contributed by atoms with Gasteiger partial charge in [-0.25, -0.2) is 0 Å². The molecule has 0 aromatic rings.